The quantitative estimate of drug-likeness (QED) is 0.903. The van der Waals surface area contributed by atoms with Crippen molar-refractivity contribution in [3.63, 3.8) is 0 Å². The van der Waals surface area contributed by atoms with Crippen LogP contribution in [0.1, 0.15) is 17.2 Å². The minimum absolute atomic E-state index is 0.341. The second kappa shape index (κ2) is 6.57. The maximum Gasteiger partial charge on any atom is 0.119 e. The minimum Gasteiger partial charge on any atom is -0.497 e. The van der Waals surface area contributed by atoms with Crippen molar-refractivity contribution in [2.24, 2.45) is 0 Å². The van der Waals surface area contributed by atoms with Crippen LogP contribution in [0.5, 0.6) is 5.75 Å². The van der Waals surface area contributed by atoms with Crippen LogP contribution < -0.4 is 10.1 Å². The van der Waals surface area contributed by atoms with Crippen molar-refractivity contribution in [2.75, 3.05) is 47.9 Å². The Balaban J connectivity index is 2.27. The molecule has 0 aromatic heterocycles. The molecule has 1 fully saturated rings. The Labute approximate surface area is 122 Å². The van der Waals surface area contributed by atoms with Gasteiger partial charge in [0.2, 0.25) is 0 Å². The minimum atomic E-state index is 0.341. The molecule has 0 amide bonds. The maximum absolute atomic E-state index is 5.31. The number of piperazine rings is 1. The average Bonchev–Trinajstić information content (AvgIpc) is 2.44. The first-order valence-electron chi connectivity index (χ1n) is 7.27. The Kier molecular flexibility index (Phi) is 5.02. The van der Waals surface area contributed by atoms with Crippen molar-refractivity contribution in [3.8, 4) is 5.75 Å². The van der Waals surface area contributed by atoms with Gasteiger partial charge in [0.15, 0.2) is 0 Å². The molecule has 0 spiro atoms. The molecule has 1 aromatic rings. The molecular formula is C16H27N3O. The lowest BCUT2D eigenvalue weighted by Crippen LogP contribution is -2.54. The number of methoxy groups -OCH3 is 1. The van der Waals surface area contributed by atoms with Crippen molar-refractivity contribution < 1.29 is 4.74 Å². The Morgan fingerprint density at radius 3 is 2.65 bits per heavy atom. The highest BCUT2D eigenvalue weighted by Crippen LogP contribution is 2.28. The molecule has 2 atom stereocenters. The highest BCUT2D eigenvalue weighted by Gasteiger charge is 2.30. The van der Waals surface area contributed by atoms with Gasteiger partial charge in [-0.05, 0) is 51.3 Å². The summed E-state index contributed by atoms with van der Waals surface area (Å²) in [6.45, 7) is 5.52. The molecule has 1 saturated heterocycles. The van der Waals surface area contributed by atoms with E-state index in [1.165, 1.54) is 11.1 Å². The summed E-state index contributed by atoms with van der Waals surface area (Å²) in [5.74, 6) is 0.926. The van der Waals surface area contributed by atoms with Gasteiger partial charge in [-0.3, -0.25) is 4.90 Å². The second-order valence-corrected chi connectivity index (χ2v) is 5.80. The summed E-state index contributed by atoms with van der Waals surface area (Å²) in [6, 6.07) is 7.20. The van der Waals surface area contributed by atoms with Crippen molar-refractivity contribution in [2.45, 2.75) is 19.0 Å². The van der Waals surface area contributed by atoms with E-state index in [0.717, 1.165) is 25.4 Å². The Morgan fingerprint density at radius 2 is 2.05 bits per heavy atom. The van der Waals surface area contributed by atoms with Crippen molar-refractivity contribution >= 4 is 0 Å². The van der Waals surface area contributed by atoms with Gasteiger partial charge in [-0.25, -0.2) is 0 Å². The summed E-state index contributed by atoms with van der Waals surface area (Å²) in [4.78, 5) is 4.87. The molecule has 1 aliphatic heterocycles. The Bertz CT molecular complexity index is 449. The molecule has 1 heterocycles. The molecule has 4 nitrogen and oxygen atoms in total. The summed E-state index contributed by atoms with van der Waals surface area (Å²) in [5.41, 5.74) is 2.64. The molecule has 2 rings (SSSR count). The first-order valence-corrected chi connectivity index (χ1v) is 7.27. The monoisotopic (exact) mass is 277 g/mol. The first kappa shape index (κ1) is 15.3. The van der Waals surface area contributed by atoms with E-state index < -0.39 is 0 Å². The fraction of sp³-hybridized carbons (Fsp3) is 0.625. The van der Waals surface area contributed by atoms with Gasteiger partial charge in [0.25, 0.3) is 0 Å². The fourth-order valence-electron chi connectivity index (χ4n) is 3.08. The number of benzene rings is 1. The van der Waals surface area contributed by atoms with Crippen molar-refractivity contribution in [1.82, 2.24) is 15.1 Å². The third kappa shape index (κ3) is 3.14. The lowest BCUT2D eigenvalue weighted by Gasteiger charge is -2.42. The SMILES string of the molecule is CNC(c1ccc(OC)cc1C)C1CN(C)CCN1C. The Morgan fingerprint density at radius 1 is 1.30 bits per heavy atom. The number of rotatable bonds is 4. The van der Waals surface area contributed by atoms with Crippen LogP contribution in [0.15, 0.2) is 18.2 Å². The third-order valence-corrected chi connectivity index (χ3v) is 4.41. The standard InChI is InChI=1S/C16H27N3O/c1-12-10-13(20-5)6-7-14(12)16(17-2)15-11-18(3)8-9-19(15)4/h6-7,10,15-17H,8-9,11H2,1-5H3. The van der Waals surface area contributed by atoms with Gasteiger partial charge in [0.1, 0.15) is 5.75 Å². The maximum atomic E-state index is 5.31. The number of aryl methyl sites for hydroxylation is 1. The summed E-state index contributed by atoms with van der Waals surface area (Å²) < 4.78 is 5.31. The zero-order chi connectivity index (χ0) is 14.7. The van der Waals surface area contributed by atoms with Crippen LogP contribution in [-0.4, -0.2) is 63.7 Å². The van der Waals surface area contributed by atoms with Crippen LogP contribution in [0, 0.1) is 6.92 Å². The van der Waals surface area contributed by atoms with Gasteiger partial charge in [0, 0.05) is 31.7 Å². The van der Waals surface area contributed by atoms with E-state index in [2.05, 4.69) is 61.4 Å². The van der Waals surface area contributed by atoms with Crippen LogP contribution in [0.4, 0.5) is 0 Å². The van der Waals surface area contributed by atoms with Crippen LogP contribution in [0.2, 0.25) is 0 Å². The molecular weight excluding hydrogens is 250 g/mol. The van der Waals surface area contributed by atoms with E-state index in [1.54, 1.807) is 7.11 Å². The normalized spacial score (nSPS) is 22.8. The average molecular weight is 277 g/mol. The highest BCUT2D eigenvalue weighted by molar-refractivity contribution is 5.37. The molecule has 1 aliphatic rings. The van der Waals surface area contributed by atoms with Gasteiger partial charge in [-0.15, -0.1) is 0 Å². The van der Waals surface area contributed by atoms with E-state index in [1.807, 2.05) is 0 Å². The molecule has 0 radical (unpaired) electrons. The van der Waals surface area contributed by atoms with E-state index in [9.17, 15) is 0 Å². The number of likely N-dealkylation sites (N-methyl/N-ethyl adjacent to an activating group) is 3. The smallest absolute Gasteiger partial charge is 0.119 e. The molecule has 0 saturated carbocycles. The topological polar surface area (TPSA) is 27.7 Å². The van der Waals surface area contributed by atoms with E-state index in [4.69, 9.17) is 4.74 Å². The van der Waals surface area contributed by atoms with E-state index in [0.29, 0.717) is 12.1 Å². The largest absolute Gasteiger partial charge is 0.497 e. The fourth-order valence-corrected chi connectivity index (χ4v) is 3.08. The third-order valence-electron chi connectivity index (χ3n) is 4.41. The van der Waals surface area contributed by atoms with Crippen molar-refractivity contribution in [1.29, 1.82) is 0 Å². The molecule has 112 valence electrons. The van der Waals surface area contributed by atoms with Crippen LogP contribution >= 0.6 is 0 Å². The summed E-state index contributed by atoms with van der Waals surface area (Å²) in [6.07, 6.45) is 0. The predicted octanol–water partition coefficient (Wildman–Crippen LogP) is 1.51. The van der Waals surface area contributed by atoms with Crippen LogP contribution in [0.25, 0.3) is 0 Å². The first-order chi connectivity index (χ1) is 9.56. The molecule has 4 heteroatoms. The molecule has 1 N–H and O–H groups in total. The van der Waals surface area contributed by atoms with Crippen LogP contribution in [-0.2, 0) is 0 Å². The van der Waals surface area contributed by atoms with Crippen molar-refractivity contribution in [3.05, 3.63) is 29.3 Å². The number of hydrogen-bond donors (Lipinski definition) is 1. The zero-order valence-electron chi connectivity index (χ0n) is 13.3. The van der Waals surface area contributed by atoms with Gasteiger partial charge >= 0.3 is 0 Å². The number of hydrogen-bond acceptors (Lipinski definition) is 4. The van der Waals surface area contributed by atoms with Crippen LogP contribution in [0.3, 0.4) is 0 Å². The summed E-state index contributed by atoms with van der Waals surface area (Å²) in [5, 5.41) is 3.51. The number of nitrogens with one attached hydrogen (secondary N) is 1. The Hall–Kier alpha value is -1.10. The molecule has 0 bridgehead atoms. The lowest BCUT2D eigenvalue weighted by molar-refractivity contribution is 0.0895. The molecule has 20 heavy (non-hydrogen) atoms. The van der Waals surface area contributed by atoms with E-state index in [-0.39, 0.29) is 0 Å². The highest BCUT2D eigenvalue weighted by atomic mass is 16.5. The lowest BCUT2D eigenvalue weighted by atomic mass is 9.93. The molecule has 2 unspecified atom stereocenters. The number of nitrogens with zero attached hydrogens (tertiary/aromatic N) is 2. The second-order valence-electron chi connectivity index (χ2n) is 5.80. The summed E-state index contributed by atoms with van der Waals surface area (Å²) in [7, 11) is 8.19. The molecule has 0 aliphatic carbocycles. The molecule has 1 aromatic carbocycles. The zero-order valence-corrected chi connectivity index (χ0v) is 13.3. The van der Waals surface area contributed by atoms with Gasteiger partial charge in [-0.2, -0.15) is 0 Å². The van der Waals surface area contributed by atoms with E-state index >= 15 is 0 Å². The van der Waals surface area contributed by atoms with Gasteiger partial charge in [0.05, 0.1) is 7.11 Å². The summed E-state index contributed by atoms with van der Waals surface area (Å²) >= 11 is 0. The van der Waals surface area contributed by atoms with Gasteiger partial charge in [-0.1, -0.05) is 6.07 Å². The predicted molar refractivity (Wildman–Crippen MR) is 83.4 cm³/mol. The number of ether oxygens (including phenoxy) is 1. The van der Waals surface area contributed by atoms with Gasteiger partial charge < -0.3 is 15.0 Å².